The van der Waals surface area contributed by atoms with Gasteiger partial charge in [-0.3, -0.25) is 4.79 Å². The summed E-state index contributed by atoms with van der Waals surface area (Å²) in [6.45, 7) is 3.98. The molecule has 1 amide bonds. The summed E-state index contributed by atoms with van der Waals surface area (Å²) in [4.78, 5) is 11.2. The maximum atomic E-state index is 12.4. The van der Waals surface area contributed by atoms with Crippen molar-refractivity contribution >= 4 is 5.91 Å². The van der Waals surface area contributed by atoms with Crippen LogP contribution in [-0.4, -0.2) is 18.6 Å². The molecule has 82 valence electrons. The standard InChI is InChI=1S/C9H14F3NO/c1-6(2)5-13-7(14)8(3-4-8)9(10,11)12/h6H,3-5H2,1-2H3,(H,13,14). The molecule has 1 rings (SSSR count). The van der Waals surface area contributed by atoms with E-state index >= 15 is 0 Å². The van der Waals surface area contributed by atoms with Gasteiger partial charge in [0.15, 0.2) is 0 Å². The first-order chi connectivity index (χ1) is 6.29. The van der Waals surface area contributed by atoms with Gasteiger partial charge in [0.05, 0.1) is 0 Å². The average molecular weight is 209 g/mol. The molecule has 1 fully saturated rings. The van der Waals surface area contributed by atoms with Crippen molar-refractivity contribution in [1.82, 2.24) is 5.32 Å². The number of nitrogens with one attached hydrogen (secondary N) is 1. The lowest BCUT2D eigenvalue weighted by Gasteiger charge is -2.19. The van der Waals surface area contributed by atoms with Crippen LogP contribution in [0.3, 0.4) is 0 Å². The van der Waals surface area contributed by atoms with Crippen molar-refractivity contribution in [1.29, 1.82) is 0 Å². The predicted molar refractivity (Wildman–Crippen MR) is 45.6 cm³/mol. The molecular weight excluding hydrogens is 195 g/mol. The summed E-state index contributed by atoms with van der Waals surface area (Å²) in [5.74, 6) is -0.693. The summed E-state index contributed by atoms with van der Waals surface area (Å²) in [7, 11) is 0. The highest BCUT2D eigenvalue weighted by molar-refractivity contribution is 5.86. The van der Waals surface area contributed by atoms with E-state index < -0.39 is 17.5 Å². The molecule has 5 heteroatoms. The summed E-state index contributed by atoms with van der Waals surface area (Å²) < 4.78 is 37.2. The van der Waals surface area contributed by atoms with Gasteiger partial charge in [0.25, 0.3) is 0 Å². The number of carbonyl (C=O) groups is 1. The minimum Gasteiger partial charge on any atom is -0.355 e. The zero-order chi connectivity index (χ0) is 11.0. The van der Waals surface area contributed by atoms with Crippen LogP contribution in [0.25, 0.3) is 0 Å². The van der Waals surface area contributed by atoms with Crippen LogP contribution in [0.15, 0.2) is 0 Å². The van der Waals surface area contributed by atoms with Crippen LogP contribution in [-0.2, 0) is 4.79 Å². The molecule has 0 radical (unpaired) electrons. The van der Waals surface area contributed by atoms with Crippen LogP contribution in [0.5, 0.6) is 0 Å². The molecule has 0 aromatic rings. The summed E-state index contributed by atoms with van der Waals surface area (Å²) in [5.41, 5.74) is -2.07. The molecule has 0 saturated heterocycles. The van der Waals surface area contributed by atoms with Gasteiger partial charge in [-0.25, -0.2) is 0 Å². The Hall–Kier alpha value is -0.740. The lowest BCUT2D eigenvalue weighted by molar-refractivity contribution is -0.192. The molecule has 0 spiro atoms. The molecule has 0 heterocycles. The highest BCUT2D eigenvalue weighted by atomic mass is 19.4. The van der Waals surface area contributed by atoms with E-state index in [4.69, 9.17) is 0 Å². The molecule has 2 nitrogen and oxygen atoms in total. The lowest BCUT2D eigenvalue weighted by atomic mass is 10.1. The SMILES string of the molecule is CC(C)CNC(=O)C1(C(F)(F)F)CC1. The molecule has 0 aromatic carbocycles. The number of hydrogen-bond acceptors (Lipinski definition) is 1. The zero-order valence-corrected chi connectivity index (χ0v) is 8.24. The normalized spacial score (nSPS) is 19.6. The van der Waals surface area contributed by atoms with E-state index in [2.05, 4.69) is 5.32 Å². The van der Waals surface area contributed by atoms with Crippen LogP contribution in [0.4, 0.5) is 13.2 Å². The fourth-order valence-electron chi connectivity index (χ4n) is 1.23. The Morgan fingerprint density at radius 1 is 1.43 bits per heavy atom. The van der Waals surface area contributed by atoms with Gasteiger partial charge in [0.2, 0.25) is 5.91 Å². The average Bonchev–Trinajstić information content (AvgIpc) is 2.77. The van der Waals surface area contributed by atoms with E-state index in [0.29, 0.717) is 6.54 Å². The highest BCUT2D eigenvalue weighted by Crippen LogP contribution is 2.57. The zero-order valence-electron chi connectivity index (χ0n) is 8.24. The minimum absolute atomic E-state index is 0.0690. The molecule has 1 aliphatic carbocycles. The van der Waals surface area contributed by atoms with Gasteiger partial charge in [-0.05, 0) is 18.8 Å². The van der Waals surface area contributed by atoms with Gasteiger partial charge in [-0.2, -0.15) is 13.2 Å². The van der Waals surface area contributed by atoms with E-state index in [0.717, 1.165) is 0 Å². The molecule has 0 aromatic heterocycles. The Kier molecular flexibility index (Phi) is 2.78. The second-order valence-corrected chi connectivity index (χ2v) is 4.18. The highest BCUT2D eigenvalue weighted by Gasteiger charge is 2.68. The molecule has 0 aliphatic heterocycles. The number of amides is 1. The first kappa shape index (κ1) is 11.3. The summed E-state index contributed by atoms with van der Waals surface area (Å²) in [6.07, 6.45) is -4.53. The van der Waals surface area contributed by atoms with Crippen LogP contribution in [0.2, 0.25) is 0 Å². The summed E-state index contributed by atoms with van der Waals surface area (Å²) in [6, 6.07) is 0. The molecular formula is C9H14F3NO. The molecule has 0 atom stereocenters. The number of rotatable bonds is 3. The Balaban J connectivity index is 2.53. The third-order valence-corrected chi connectivity index (χ3v) is 2.40. The maximum Gasteiger partial charge on any atom is 0.403 e. The smallest absolute Gasteiger partial charge is 0.355 e. The number of carbonyl (C=O) groups excluding carboxylic acids is 1. The Morgan fingerprint density at radius 3 is 2.21 bits per heavy atom. The summed E-state index contributed by atoms with van der Waals surface area (Å²) >= 11 is 0. The van der Waals surface area contributed by atoms with Gasteiger partial charge >= 0.3 is 6.18 Å². The van der Waals surface area contributed by atoms with E-state index in [1.807, 2.05) is 13.8 Å². The first-order valence-electron chi connectivity index (χ1n) is 4.64. The number of halogens is 3. The van der Waals surface area contributed by atoms with Gasteiger partial charge in [0, 0.05) is 6.54 Å². The lowest BCUT2D eigenvalue weighted by Crippen LogP contribution is -2.42. The van der Waals surface area contributed by atoms with Gasteiger partial charge in [-0.15, -0.1) is 0 Å². The second kappa shape index (κ2) is 3.44. The quantitative estimate of drug-likeness (QED) is 0.757. The van der Waals surface area contributed by atoms with E-state index in [9.17, 15) is 18.0 Å². The molecule has 1 N–H and O–H groups in total. The Bertz CT molecular complexity index is 231. The molecule has 1 saturated carbocycles. The summed E-state index contributed by atoms with van der Waals surface area (Å²) in [5, 5.41) is 2.33. The Morgan fingerprint density at radius 2 is 1.93 bits per heavy atom. The topological polar surface area (TPSA) is 29.1 Å². The second-order valence-electron chi connectivity index (χ2n) is 4.18. The maximum absolute atomic E-state index is 12.4. The third kappa shape index (κ3) is 2.01. The number of alkyl halides is 3. The van der Waals surface area contributed by atoms with Crippen molar-refractivity contribution in [3.63, 3.8) is 0 Å². The molecule has 1 aliphatic rings. The predicted octanol–water partition coefficient (Wildman–Crippen LogP) is 2.10. The van der Waals surface area contributed by atoms with Crippen LogP contribution < -0.4 is 5.32 Å². The van der Waals surface area contributed by atoms with Crippen molar-refractivity contribution < 1.29 is 18.0 Å². The fraction of sp³-hybridized carbons (Fsp3) is 0.889. The third-order valence-electron chi connectivity index (χ3n) is 2.40. The van der Waals surface area contributed by atoms with Crippen molar-refractivity contribution in [2.24, 2.45) is 11.3 Å². The largest absolute Gasteiger partial charge is 0.403 e. The van der Waals surface area contributed by atoms with Crippen LogP contribution >= 0.6 is 0 Å². The van der Waals surface area contributed by atoms with E-state index in [1.165, 1.54) is 0 Å². The van der Waals surface area contributed by atoms with Gasteiger partial charge in [-0.1, -0.05) is 13.8 Å². The van der Waals surface area contributed by atoms with Crippen LogP contribution in [0.1, 0.15) is 26.7 Å². The Labute approximate surface area is 80.9 Å². The fourth-order valence-corrected chi connectivity index (χ4v) is 1.23. The van der Waals surface area contributed by atoms with Crippen molar-refractivity contribution in [3.05, 3.63) is 0 Å². The van der Waals surface area contributed by atoms with E-state index in [1.54, 1.807) is 0 Å². The molecule has 14 heavy (non-hydrogen) atoms. The van der Waals surface area contributed by atoms with E-state index in [-0.39, 0.29) is 18.8 Å². The van der Waals surface area contributed by atoms with Gasteiger partial charge < -0.3 is 5.32 Å². The number of hydrogen-bond donors (Lipinski definition) is 1. The monoisotopic (exact) mass is 209 g/mol. The van der Waals surface area contributed by atoms with Gasteiger partial charge in [0.1, 0.15) is 5.41 Å². The molecule has 0 unspecified atom stereocenters. The van der Waals surface area contributed by atoms with Crippen molar-refractivity contribution in [2.45, 2.75) is 32.9 Å². The molecule has 0 bridgehead atoms. The minimum atomic E-state index is -4.39. The first-order valence-corrected chi connectivity index (χ1v) is 4.64. The van der Waals surface area contributed by atoms with Crippen molar-refractivity contribution in [2.75, 3.05) is 6.54 Å². The van der Waals surface area contributed by atoms with Crippen molar-refractivity contribution in [3.8, 4) is 0 Å². The van der Waals surface area contributed by atoms with Crippen LogP contribution in [0, 0.1) is 11.3 Å².